The van der Waals surface area contributed by atoms with E-state index in [9.17, 15) is 9.59 Å². The molecule has 0 radical (unpaired) electrons. The van der Waals surface area contributed by atoms with Crippen LogP contribution in [0, 0.1) is 0 Å². The molecule has 6 heteroatoms. The van der Waals surface area contributed by atoms with E-state index in [-0.39, 0.29) is 12.5 Å². The van der Waals surface area contributed by atoms with Crippen molar-refractivity contribution >= 4 is 34.9 Å². The van der Waals surface area contributed by atoms with Crippen LogP contribution in [0.3, 0.4) is 0 Å². The lowest BCUT2D eigenvalue weighted by atomic mass is 10.1. The predicted octanol–water partition coefficient (Wildman–Crippen LogP) is 1.19. The number of aliphatic hydroxyl groups excluding tert-OH is 1. The van der Waals surface area contributed by atoms with Crippen LogP contribution in [0.4, 0.5) is 5.69 Å². The van der Waals surface area contributed by atoms with E-state index >= 15 is 0 Å². The lowest BCUT2D eigenvalue weighted by molar-refractivity contribution is -0.131. The number of thioether (sulfide) groups is 1. The smallest absolute Gasteiger partial charge is 0.328 e. The SMILES string of the molecule is O=C(O)/C=C(\CO)c1ccc2c(c1)NC(=O)CS2. The molecule has 1 heterocycles. The van der Waals surface area contributed by atoms with Crippen LogP contribution in [0.25, 0.3) is 5.57 Å². The number of aliphatic carboxylic acids is 1. The highest BCUT2D eigenvalue weighted by Gasteiger charge is 2.16. The topological polar surface area (TPSA) is 86.6 Å². The Hall–Kier alpha value is -1.79. The second-order valence-electron chi connectivity index (χ2n) is 3.71. The molecule has 0 bridgehead atoms. The largest absolute Gasteiger partial charge is 0.478 e. The number of hydrogen-bond acceptors (Lipinski definition) is 4. The molecule has 1 aliphatic heterocycles. The maximum absolute atomic E-state index is 11.3. The standard InChI is InChI=1S/C12H11NO4S/c14-5-8(4-12(16)17)7-1-2-10-9(3-7)13-11(15)6-18-10/h1-4,14H,5-6H2,(H,13,15)(H,16,17)/b8-4+. The summed E-state index contributed by atoms with van der Waals surface area (Å²) in [5, 5.41) is 20.6. The fourth-order valence-electron chi connectivity index (χ4n) is 1.65. The van der Waals surface area contributed by atoms with Gasteiger partial charge < -0.3 is 15.5 Å². The molecule has 2 rings (SSSR count). The van der Waals surface area contributed by atoms with E-state index < -0.39 is 5.97 Å². The Morgan fingerprint density at radius 1 is 1.50 bits per heavy atom. The van der Waals surface area contributed by atoms with Crippen molar-refractivity contribution in [3.8, 4) is 0 Å². The van der Waals surface area contributed by atoms with E-state index in [2.05, 4.69) is 5.32 Å². The number of carboxylic acids is 1. The third-order valence-electron chi connectivity index (χ3n) is 2.45. The maximum atomic E-state index is 11.3. The monoisotopic (exact) mass is 265 g/mol. The number of carbonyl (C=O) groups is 2. The minimum absolute atomic E-state index is 0.0857. The van der Waals surface area contributed by atoms with Crippen LogP contribution in [0.2, 0.25) is 0 Å². The van der Waals surface area contributed by atoms with Gasteiger partial charge in [-0.05, 0) is 23.3 Å². The Morgan fingerprint density at radius 2 is 2.28 bits per heavy atom. The molecule has 1 aliphatic rings. The molecule has 1 amide bonds. The zero-order chi connectivity index (χ0) is 13.1. The Morgan fingerprint density at radius 3 is 2.94 bits per heavy atom. The predicted molar refractivity (Wildman–Crippen MR) is 68.5 cm³/mol. The first-order chi connectivity index (χ1) is 8.60. The minimum atomic E-state index is -1.12. The molecule has 0 spiro atoms. The number of anilines is 1. The average Bonchev–Trinajstić information content (AvgIpc) is 2.34. The molecule has 0 aliphatic carbocycles. The van der Waals surface area contributed by atoms with Crippen molar-refractivity contribution in [2.24, 2.45) is 0 Å². The number of amides is 1. The Labute approximate surface area is 108 Å². The molecule has 94 valence electrons. The molecule has 1 aromatic rings. The summed E-state index contributed by atoms with van der Waals surface area (Å²) in [5.41, 5.74) is 1.54. The van der Waals surface area contributed by atoms with Crippen molar-refractivity contribution < 1.29 is 19.8 Å². The lowest BCUT2D eigenvalue weighted by Crippen LogP contribution is -2.18. The third kappa shape index (κ3) is 2.72. The van der Waals surface area contributed by atoms with Gasteiger partial charge in [-0.1, -0.05) is 6.07 Å². The molecule has 3 N–H and O–H groups in total. The quantitative estimate of drug-likeness (QED) is 0.715. The normalized spacial score (nSPS) is 14.9. The van der Waals surface area contributed by atoms with Crippen molar-refractivity contribution in [2.45, 2.75) is 4.90 Å². The van der Waals surface area contributed by atoms with Gasteiger partial charge in [-0.25, -0.2) is 4.79 Å². The lowest BCUT2D eigenvalue weighted by Gasteiger charge is -2.17. The summed E-state index contributed by atoms with van der Waals surface area (Å²) in [7, 11) is 0. The molecule has 0 aromatic heterocycles. The molecule has 0 saturated carbocycles. The van der Waals surface area contributed by atoms with Gasteiger partial charge >= 0.3 is 5.97 Å². The number of fused-ring (bicyclic) bond motifs is 1. The van der Waals surface area contributed by atoms with Gasteiger partial charge in [-0.3, -0.25) is 4.79 Å². The van der Waals surface area contributed by atoms with Crippen molar-refractivity contribution in [3.63, 3.8) is 0 Å². The van der Waals surface area contributed by atoms with Crippen LogP contribution in [0.5, 0.6) is 0 Å². The molecular weight excluding hydrogens is 254 g/mol. The Kier molecular flexibility index (Phi) is 3.69. The second-order valence-corrected chi connectivity index (χ2v) is 4.73. The molecule has 0 saturated heterocycles. The fraction of sp³-hybridized carbons (Fsp3) is 0.167. The molecular formula is C12H11NO4S. The molecule has 0 unspecified atom stereocenters. The highest BCUT2D eigenvalue weighted by atomic mass is 32.2. The van der Waals surface area contributed by atoms with E-state index in [4.69, 9.17) is 10.2 Å². The van der Waals surface area contributed by atoms with Crippen molar-refractivity contribution in [3.05, 3.63) is 29.8 Å². The minimum Gasteiger partial charge on any atom is -0.478 e. The van der Waals surface area contributed by atoms with Gasteiger partial charge in [0.2, 0.25) is 5.91 Å². The van der Waals surface area contributed by atoms with Crippen molar-refractivity contribution in [2.75, 3.05) is 17.7 Å². The summed E-state index contributed by atoms with van der Waals surface area (Å²) in [6.45, 7) is -0.369. The van der Waals surface area contributed by atoms with Gasteiger partial charge in [0.25, 0.3) is 0 Å². The number of benzene rings is 1. The van der Waals surface area contributed by atoms with E-state index in [1.165, 1.54) is 11.8 Å². The molecule has 0 fully saturated rings. The number of hydrogen-bond donors (Lipinski definition) is 3. The Bertz CT molecular complexity index is 539. The van der Waals surface area contributed by atoms with E-state index in [0.717, 1.165) is 11.0 Å². The number of aliphatic hydroxyl groups is 1. The number of nitrogens with one attached hydrogen (secondary N) is 1. The van der Waals surface area contributed by atoms with Crippen LogP contribution >= 0.6 is 11.8 Å². The van der Waals surface area contributed by atoms with E-state index in [0.29, 0.717) is 22.6 Å². The van der Waals surface area contributed by atoms with E-state index in [1.54, 1.807) is 18.2 Å². The molecule has 0 atom stereocenters. The number of carbonyl (C=O) groups excluding carboxylic acids is 1. The van der Waals surface area contributed by atoms with Crippen LogP contribution in [-0.2, 0) is 9.59 Å². The maximum Gasteiger partial charge on any atom is 0.328 e. The van der Waals surface area contributed by atoms with Crippen molar-refractivity contribution in [1.82, 2.24) is 0 Å². The summed E-state index contributed by atoms with van der Waals surface area (Å²) in [6, 6.07) is 5.21. The van der Waals surface area contributed by atoms with Crippen LogP contribution < -0.4 is 5.32 Å². The van der Waals surface area contributed by atoms with Gasteiger partial charge in [0, 0.05) is 11.0 Å². The number of carboxylic acid groups (broad SMARTS) is 1. The summed E-state index contributed by atoms with van der Waals surface area (Å²) in [4.78, 5) is 22.8. The average molecular weight is 265 g/mol. The van der Waals surface area contributed by atoms with Gasteiger partial charge in [-0.2, -0.15) is 0 Å². The first-order valence-corrected chi connectivity index (χ1v) is 6.20. The molecule has 5 nitrogen and oxygen atoms in total. The zero-order valence-corrected chi connectivity index (χ0v) is 10.2. The van der Waals surface area contributed by atoms with Crippen LogP contribution in [-0.4, -0.2) is 34.4 Å². The summed E-state index contributed by atoms with van der Waals surface area (Å²) in [6.07, 6.45) is 0.958. The first-order valence-electron chi connectivity index (χ1n) is 5.21. The zero-order valence-electron chi connectivity index (χ0n) is 9.34. The van der Waals surface area contributed by atoms with Gasteiger partial charge in [-0.15, -0.1) is 11.8 Å². The van der Waals surface area contributed by atoms with Crippen LogP contribution in [0.1, 0.15) is 5.56 Å². The first kappa shape index (κ1) is 12.7. The van der Waals surface area contributed by atoms with E-state index in [1.807, 2.05) is 0 Å². The summed E-state index contributed by atoms with van der Waals surface area (Å²) < 4.78 is 0. The summed E-state index contributed by atoms with van der Waals surface area (Å²) >= 11 is 1.43. The van der Waals surface area contributed by atoms with Crippen LogP contribution in [0.15, 0.2) is 29.2 Å². The third-order valence-corrected chi connectivity index (χ3v) is 3.52. The van der Waals surface area contributed by atoms with Gasteiger partial charge in [0.05, 0.1) is 18.0 Å². The van der Waals surface area contributed by atoms with Gasteiger partial charge in [0.1, 0.15) is 0 Å². The number of rotatable bonds is 3. The van der Waals surface area contributed by atoms with Gasteiger partial charge in [0.15, 0.2) is 0 Å². The highest BCUT2D eigenvalue weighted by Crippen LogP contribution is 2.33. The molecule has 1 aromatic carbocycles. The fourth-order valence-corrected chi connectivity index (χ4v) is 2.44. The highest BCUT2D eigenvalue weighted by molar-refractivity contribution is 8.00. The summed E-state index contributed by atoms with van der Waals surface area (Å²) in [5.74, 6) is -0.822. The Balaban J connectivity index is 2.38. The second kappa shape index (κ2) is 5.24. The molecule has 18 heavy (non-hydrogen) atoms. The van der Waals surface area contributed by atoms with Crippen molar-refractivity contribution in [1.29, 1.82) is 0 Å².